The van der Waals surface area contributed by atoms with Crippen molar-refractivity contribution in [2.24, 2.45) is 0 Å². The Labute approximate surface area is 154 Å². The van der Waals surface area contributed by atoms with Crippen LogP contribution in [0.5, 0.6) is 0 Å². The summed E-state index contributed by atoms with van der Waals surface area (Å²) in [4.78, 5) is 38.9. The number of halogens is 1. The van der Waals surface area contributed by atoms with E-state index in [0.29, 0.717) is 35.2 Å². The van der Waals surface area contributed by atoms with Crippen molar-refractivity contribution in [3.8, 4) is 0 Å². The summed E-state index contributed by atoms with van der Waals surface area (Å²) in [6.07, 6.45) is 3.41. The predicted molar refractivity (Wildman–Crippen MR) is 99.3 cm³/mol. The lowest BCUT2D eigenvalue weighted by molar-refractivity contribution is 0.0746. The largest absolute Gasteiger partial charge is 0.354 e. The SMILES string of the molecule is CN(C(=O)c1c[nH]c(=O)c2ccccc12)C1CCN(c2cc(F)ncn2)C1. The number of anilines is 1. The first-order chi connectivity index (χ1) is 13.0. The molecule has 0 aliphatic carbocycles. The molecule has 3 aromatic rings. The number of fused-ring (bicyclic) bond motifs is 1. The molecular formula is C19H18FN5O2. The molecule has 2 aromatic heterocycles. The number of likely N-dealkylation sites (N-methyl/N-ethyl adjacent to an activating group) is 1. The van der Waals surface area contributed by atoms with Crippen molar-refractivity contribution in [1.82, 2.24) is 19.9 Å². The first-order valence-electron chi connectivity index (χ1n) is 8.64. The third-order valence-corrected chi connectivity index (χ3v) is 5.01. The van der Waals surface area contributed by atoms with Crippen LogP contribution in [0.1, 0.15) is 16.8 Å². The Morgan fingerprint density at radius 1 is 1.30 bits per heavy atom. The van der Waals surface area contributed by atoms with Crippen LogP contribution < -0.4 is 10.5 Å². The minimum Gasteiger partial charge on any atom is -0.354 e. The number of carbonyl (C=O) groups is 1. The number of nitrogens with one attached hydrogen (secondary N) is 1. The molecule has 1 aliphatic heterocycles. The average molecular weight is 367 g/mol. The van der Waals surface area contributed by atoms with E-state index in [2.05, 4.69) is 15.0 Å². The number of carbonyl (C=O) groups excluding carboxylic acids is 1. The molecule has 7 nitrogen and oxygen atoms in total. The molecule has 1 atom stereocenters. The second-order valence-corrected chi connectivity index (χ2v) is 6.58. The van der Waals surface area contributed by atoms with E-state index < -0.39 is 5.95 Å². The van der Waals surface area contributed by atoms with Crippen LogP contribution in [0.25, 0.3) is 10.8 Å². The Kier molecular flexibility index (Phi) is 4.31. The van der Waals surface area contributed by atoms with Gasteiger partial charge < -0.3 is 14.8 Å². The van der Waals surface area contributed by atoms with E-state index in [-0.39, 0.29) is 17.5 Å². The first kappa shape index (κ1) is 17.1. The standard InChI is InChI=1S/C19H18FN5O2/c1-24(12-6-7-25(10-12)17-8-16(20)22-11-23-17)19(27)15-9-21-18(26)14-5-3-2-4-13(14)15/h2-5,8-9,11-12H,6-7,10H2,1H3,(H,21,26). The quantitative estimate of drug-likeness (QED) is 0.714. The molecule has 138 valence electrons. The van der Waals surface area contributed by atoms with Gasteiger partial charge in [-0.25, -0.2) is 9.97 Å². The number of H-pyrrole nitrogens is 1. The highest BCUT2D eigenvalue weighted by Crippen LogP contribution is 2.23. The van der Waals surface area contributed by atoms with Crippen molar-refractivity contribution in [1.29, 1.82) is 0 Å². The molecule has 1 aromatic carbocycles. The molecule has 1 unspecified atom stereocenters. The fourth-order valence-electron chi connectivity index (χ4n) is 3.51. The lowest BCUT2D eigenvalue weighted by atomic mass is 10.1. The number of benzene rings is 1. The summed E-state index contributed by atoms with van der Waals surface area (Å²) in [5, 5.41) is 1.12. The zero-order valence-electron chi connectivity index (χ0n) is 14.7. The third kappa shape index (κ3) is 3.14. The van der Waals surface area contributed by atoms with Gasteiger partial charge in [0.25, 0.3) is 11.5 Å². The molecule has 1 aliphatic rings. The van der Waals surface area contributed by atoms with Gasteiger partial charge in [-0.3, -0.25) is 9.59 Å². The highest BCUT2D eigenvalue weighted by molar-refractivity contribution is 6.06. The van der Waals surface area contributed by atoms with Crippen LogP contribution in [0, 0.1) is 5.95 Å². The number of amides is 1. The average Bonchev–Trinajstić information content (AvgIpc) is 3.18. The normalized spacial score (nSPS) is 16.7. The Bertz CT molecular complexity index is 1070. The number of hydrogen-bond donors (Lipinski definition) is 1. The summed E-state index contributed by atoms with van der Waals surface area (Å²) in [6, 6.07) is 8.30. The monoisotopic (exact) mass is 367 g/mol. The van der Waals surface area contributed by atoms with Gasteiger partial charge in [-0.2, -0.15) is 4.39 Å². The van der Waals surface area contributed by atoms with E-state index in [1.54, 1.807) is 36.2 Å². The number of aromatic nitrogens is 3. The van der Waals surface area contributed by atoms with Crippen molar-refractivity contribution in [2.45, 2.75) is 12.5 Å². The van der Waals surface area contributed by atoms with Crippen LogP contribution in [-0.4, -0.2) is 51.9 Å². The molecule has 1 N–H and O–H groups in total. The van der Waals surface area contributed by atoms with Crippen LogP contribution in [0.15, 0.2) is 47.7 Å². The second-order valence-electron chi connectivity index (χ2n) is 6.58. The molecule has 8 heteroatoms. The third-order valence-electron chi connectivity index (χ3n) is 5.01. The van der Waals surface area contributed by atoms with Crippen molar-refractivity contribution in [3.05, 3.63) is 64.7 Å². The van der Waals surface area contributed by atoms with Crippen LogP contribution in [0.4, 0.5) is 10.2 Å². The Morgan fingerprint density at radius 2 is 2.07 bits per heavy atom. The van der Waals surface area contributed by atoms with Crippen molar-refractivity contribution in [2.75, 3.05) is 25.0 Å². The van der Waals surface area contributed by atoms with E-state index in [1.165, 1.54) is 18.6 Å². The molecule has 4 rings (SSSR count). The fourth-order valence-corrected chi connectivity index (χ4v) is 3.51. The highest BCUT2D eigenvalue weighted by Gasteiger charge is 2.30. The Balaban J connectivity index is 1.57. The van der Waals surface area contributed by atoms with Gasteiger partial charge in [-0.05, 0) is 12.5 Å². The number of pyridine rings is 1. The van der Waals surface area contributed by atoms with Crippen molar-refractivity contribution in [3.63, 3.8) is 0 Å². The number of aromatic amines is 1. The summed E-state index contributed by atoms with van der Waals surface area (Å²) in [5.74, 6) is -0.226. The van der Waals surface area contributed by atoms with Crippen LogP contribution in [0.2, 0.25) is 0 Å². The topological polar surface area (TPSA) is 82.2 Å². The summed E-state index contributed by atoms with van der Waals surface area (Å²) in [5.41, 5.74) is 0.238. The maximum absolute atomic E-state index is 13.3. The Morgan fingerprint density at radius 3 is 2.85 bits per heavy atom. The zero-order chi connectivity index (χ0) is 19.0. The van der Waals surface area contributed by atoms with Gasteiger partial charge in [0.05, 0.1) is 11.6 Å². The van der Waals surface area contributed by atoms with Crippen molar-refractivity contribution < 1.29 is 9.18 Å². The fraction of sp³-hybridized carbons (Fsp3) is 0.263. The Hall–Kier alpha value is -3.29. The smallest absolute Gasteiger partial charge is 0.256 e. The molecule has 0 saturated carbocycles. The first-order valence-corrected chi connectivity index (χ1v) is 8.64. The molecule has 1 fully saturated rings. The van der Waals surface area contributed by atoms with Gasteiger partial charge in [0.15, 0.2) is 0 Å². The van der Waals surface area contributed by atoms with Crippen LogP contribution in [-0.2, 0) is 0 Å². The molecule has 27 heavy (non-hydrogen) atoms. The lowest BCUT2D eigenvalue weighted by Gasteiger charge is -2.25. The lowest BCUT2D eigenvalue weighted by Crippen LogP contribution is -2.39. The number of nitrogens with zero attached hydrogens (tertiary/aromatic N) is 4. The number of rotatable bonds is 3. The molecule has 1 amide bonds. The van der Waals surface area contributed by atoms with Crippen LogP contribution in [0.3, 0.4) is 0 Å². The van der Waals surface area contributed by atoms with Gasteiger partial charge in [-0.1, -0.05) is 18.2 Å². The van der Waals surface area contributed by atoms with Gasteiger partial charge in [0.2, 0.25) is 5.95 Å². The van der Waals surface area contributed by atoms with Gasteiger partial charge >= 0.3 is 0 Å². The van der Waals surface area contributed by atoms with E-state index in [0.717, 1.165) is 6.42 Å². The molecule has 0 spiro atoms. The highest BCUT2D eigenvalue weighted by atomic mass is 19.1. The summed E-state index contributed by atoms with van der Waals surface area (Å²) in [7, 11) is 1.75. The molecular weight excluding hydrogens is 349 g/mol. The molecule has 1 saturated heterocycles. The van der Waals surface area contributed by atoms with E-state index >= 15 is 0 Å². The minimum atomic E-state index is -0.576. The molecule has 0 radical (unpaired) electrons. The second kappa shape index (κ2) is 6.79. The maximum Gasteiger partial charge on any atom is 0.256 e. The zero-order valence-corrected chi connectivity index (χ0v) is 14.7. The van der Waals surface area contributed by atoms with Crippen molar-refractivity contribution >= 4 is 22.5 Å². The van der Waals surface area contributed by atoms with Gasteiger partial charge in [-0.15, -0.1) is 0 Å². The summed E-state index contributed by atoms with van der Waals surface area (Å²) >= 11 is 0. The van der Waals surface area contributed by atoms with Gasteiger partial charge in [0, 0.05) is 43.2 Å². The van der Waals surface area contributed by atoms with Gasteiger partial charge in [0.1, 0.15) is 12.1 Å². The van der Waals surface area contributed by atoms with Crippen LogP contribution >= 0.6 is 0 Å². The summed E-state index contributed by atoms with van der Waals surface area (Å²) in [6.45, 7) is 1.23. The van der Waals surface area contributed by atoms with E-state index in [9.17, 15) is 14.0 Å². The van der Waals surface area contributed by atoms with E-state index in [1.807, 2.05) is 4.90 Å². The maximum atomic E-state index is 13.3. The predicted octanol–water partition coefficient (Wildman–Crippen LogP) is 1.81. The summed E-state index contributed by atoms with van der Waals surface area (Å²) < 4.78 is 13.3. The molecule has 3 heterocycles. The minimum absolute atomic E-state index is 0.0405. The molecule has 0 bridgehead atoms. The number of hydrogen-bond acceptors (Lipinski definition) is 5. The van der Waals surface area contributed by atoms with E-state index in [4.69, 9.17) is 0 Å².